The van der Waals surface area contributed by atoms with Crippen LogP contribution in [-0.4, -0.2) is 31.3 Å². The van der Waals surface area contributed by atoms with E-state index in [1.165, 1.54) is 18.4 Å². The van der Waals surface area contributed by atoms with Gasteiger partial charge in [-0.15, -0.1) is 12.4 Å². The summed E-state index contributed by atoms with van der Waals surface area (Å²) in [5.41, 5.74) is 2.19. The first-order valence-corrected chi connectivity index (χ1v) is 6.45. The molecule has 0 saturated carbocycles. The highest BCUT2D eigenvalue weighted by molar-refractivity contribution is 5.99. The predicted octanol–water partition coefficient (Wildman–Crippen LogP) is 3.20. The van der Waals surface area contributed by atoms with Crippen molar-refractivity contribution < 1.29 is 4.79 Å². The summed E-state index contributed by atoms with van der Waals surface area (Å²) >= 11 is 0. The molecule has 2 nitrogen and oxygen atoms in total. The number of Topliss-reactive ketones (excluding diaryl/α,β-unsaturated/α-hetero) is 1. The van der Waals surface area contributed by atoms with Gasteiger partial charge in [-0.05, 0) is 38.9 Å². The zero-order valence-corrected chi connectivity index (χ0v) is 12.0. The van der Waals surface area contributed by atoms with Crippen molar-refractivity contribution in [2.24, 2.45) is 5.92 Å². The summed E-state index contributed by atoms with van der Waals surface area (Å²) in [6.07, 6.45) is 4.45. The van der Waals surface area contributed by atoms with E-state index in [2.05, 4.69) is 11.0 Å². The molecular formula is C15H22ClNO. The van der Waals surface area contributed by atoms with E-state index in [0.717, 1.165) is 24.9 Å². The van der Waals surface area contributed by atoms with E-state index in [9.17, 15) is 4.79 Å². The van der Waals surface area contributed by atoms with Crippen molar-refractivity contribution in [3.05, 3.63) is 35.4 Å². The average Bonchev–Trinajstić information content (AvgIpc) is 2.30. The van der Waals surface area contributed by atoms with Gasteiger partial charge in [0.05, 0.1) is 0 Å². The molecule has 0 heterocycles. The monoisotopic (exact) mass is 267 g/mol. The van der Waals surface area contributed by atoms with Crippen molar-refractivity contribution in [2.75, 3.05) is 20.6 Å². The van der Waals surface area contributed by atoms with Gasteiger partial charge >= 0.3 is 0 Å². The van der Waals surface area contributed by atoms with Gasteiger partial charge in [-0.3, -0.25) is 4.79 Å². The molecule has 0 amide bonds. The van der Waals surface area contributed by atoms with Crippen molar-refractivity contribution in [1.29, 1.82) is 0 Å². The maximum Gasteiger partial charge on any atom is 0.167 e. The second kappa shape index (κ2) is 6.91. The van der Waals surface area contributed by atoms with Crippen LogP contribution in [0.25, 0.3) is 0 Å². The van der Waals surface area contributed by atoms with Crippen molar-refractivity contribution >= 4 is 18.2 Å². The first kappa shape index (κ1) is 15.2. The number of fused-ring (bicyclic) bond motifs is 1. The number of rotatable bonds is 2. The Balaban J connectivity index is 0.00000162. The minimum Gasteiger partial charge on any atom is -0.309 e. The molecule has 0 aliphatic heterocycles. The summed E-state index contributed by atoms with van der Waals surface area (Å²) in [5.74, 6) is 0.514. The molecule has 0 bridgehead atoms. The summed E-state index contributed by atoms with van der Waals surface area (Å²) < 4.78 is 0. The van der Waals surface area contributed by atoms with Crippen LogP contribution in [0.3, 0.4) is 0 Å². The molecule has 1 aliphatic rings. The lowest BCUT2D eigenvalue weighted by atomic mass is 9.85. The zero-order valence-electron chi connectivity index (χ0n) is 11.2. The van der Waals surface area contributed by atoms with Crippen LogP contribution in [0.2, 0.25) is 0 Å². The number of aryl methyl sites for hydroxylation is 1. The Morgan fingerprint density at radius 2 is 1.94 bits per heavy atom. The van der Waals surface area contributed by atoms with Gasteiger partial charge in [0.15, 0.2) is 5.78 Å². The Kier molecular flexibility index (Phi) is 5.83. The summed E-state index contributed by atoms with van der Waals surface area (Å²) in [5, 5.41) is 0. The Bertz CT molecular complexity index is 403. The van der Waals surface area contributed by atoms with Crippen molar-refractivity contribution in [3.8, 4) is 0 Å². The number of halogens is 1. The van der Waals surface area contributed by atoms with Gasteiger partial charge in [0.25, 0.3) is 0 Å². The van der Waals surface area contributed by atoms with E-state index in [1.54, 1.807) is 0 Å². The largest absolute Gasteiger partial charge is 0.309 e. The van der Waals surface area contributed by atoms with Gasteiger partial charge in [-0.1, -0.05) is 30.7 Å². The fraction of sp³-hybridized carbons (Fsp3) is 0.533. The summed E-state index contributed by atoms with van der Waals surface area (Å²) in [4.78, 5) is 14.6. The lowest BCUT2D eigenvalue weighted by Gasteiger charge is -2.23. The maximum atomic E-state index is 12.5. The number of carbonyl (C=O) groups is 1. The molecule has 1 aromatic carbocycles. The van der Waals surface area contributed by atoms with Gasteiger partial charge in [-0.2, -0.15) is 0 Å². The summed E-state index contributed by atoms with van der Waals surface area (Å²) in [6, 6.07) is 8.11. The maximum absolute atomic E-state index is 12.5. The standard InChI is InChI=1S/C15H21NO.ClH/c1-16(2)11-13-9-4-3-7-12-8-5-6-10-14(12)15(13)17;/h5-6,8,10,13H,3-4,7,9,11H2,1-2H3;1H. The van der Waals surface area contributed by atoms with Gasteiger partial charge < -0.3 is 4.90 Å². The van der Waals surface area contributed by atoms with E-state index in [-0.39, 0.29) is 18.3 Å². The number of carbonyl (C=O) groups excluding carboxylic acids is 1. The molecule has 100 valence electrons. The Morgan fingerprint density at radius 3 is 2.67 bits per heavy atom. The van der Waals surface area contributed by atoms with Crippen LogP contribution < -0.4 is 0 Å². The number of hydrogen-bond acceptors (Lipinski definition) is 2. The quantitative estimate of drug-likeness (QED) is 0.820. The average molecular weight is 268 g/mol. The van der Waals surface area contributed by atoms with E-state index < -0.39 is 0 Å². The highest BCUT2D eigenvalue weighted by Crippen LogP contribution is 2.24. The molecule has 0 spiro atoms. The zero-order chi connectivity index (χ0) is 12.3. The summed E-state index contributed by atoms with van der Waals surface area (Å²) in [6.45, 7) is 0.868. The van der Waals surface area contributed by atoms with Crippen molar-refractivity contribution in [3.63, 3.8) is 0 Å². The van der Waals surface area contributed by atoms with E-state index >= 15 is 0 Å². The highest BCUT2D eigenvalue weighted by atomic mass is 35.5. The number of ketones is 1. The van der Waals surface area contributed by atoms with Crippen LogP contribution in [-0.2, 0) is 6.42 Å². The normalized spacial score (nSPS) is 19.7. The topological polar surface area (TPSA) is 20.3 Å². The smallest absolute Gasteiger partial charge is 0.167 e. The molecule has 0 saturated heterocycles. The predicted molar refractivity (Wildman–Crippen MR) is 77.6 cm³/mol. The van der Waals surface area contributed by atoms with E-state index in [0.29, 0.717) is 5.78 Å². The molecule has 2 rings (SSSR count). The third kappa shape index (κ3) is 3.56. The molecular weight excluding hydrogens is 246 g/mol. The SMILES string of the molecule is CN(C)CC1CCCCc2ccccc2C1=O.Cl. The Hall–Kier alpha value is -0.860. The highest BCUT2D eigenvalue weighted by Gasteiger charge is 2.24. The van der Waals surface area contributed by atoms with Gasteiger partial charge in [-0.25, -0.2) is 0 Å². The molecule has 1 unspecified atom stereocenters. The fourth-order valence-electron chi connectivity index (χ4n) is 2.65. The first-order chi connectivity index (χ1) is 8.18. The lowest BCUT2D eigenvalue weighted by Crippen LogP contribution is -2.29. The number of hydrogen-bond donors (Lipinski definition) is 0. The van der Waals surface area contributed by atoms with Crippen LogP contribution in [0.5, 0.6) is 0 Å². The van der Waals surface area contributed by atoms with Crippen LogP contribution >= 0.6 is 12.4 Å². The van der Waals surface area contributed by atoms with Crippen LogP contribution in [0.1, 0.15) is 35.2 Å². The molecule has 0 radical (unpaired) electrons. The molecule has 3 heteroatoms. The van der Waals surface area contributed by atoms with Crippen LogP contribution in [0, 0.1) is 5.92 Å². The van der Waals surface area contributed by atoms with Crippen molar-refractivity contribution in [2.45, 2.75) is 25.7 Å². The summed E-state index contributed by atoms with van der Waals surface area (Å²) in [7, 11) is 4.08. The third-order valence-electron chi connectivity index (χ3n) is 3.49. The van der Waals surface area contributed by atoms with Crippen LogP contribution in [0.15, 0.2) is 24.3 Å². The third-order valence-corrected chi connectivity index (χ3v) is 3.49. The molecule has 1 atom stereocenters. The minimum atomic E-state index is 0. The number of nitrogens with zero attached hydrogens (tertiary/aromatic N) is 1. The lowest BCUT2D eigenvalue weighted by molar-refractivity contribution is 0.0883. The Morgan fingerprint density at radius 1 is 1.22 bits per heavy atom. The molecule has 18 heavy (non-hydrogen) atoms. The van der Waals surface area contributed by atoms with Crippen LogP contribution in [0.4, 0.5) is 0 Å². The minimum absolute atomic E-state index is 0. The van der Waals surface area contributed by atoms with E-state index in [4.69, 9.17) is 0 Å². The fourth-order valence-corrected chi connectivity index (χ4v) is 2.65. The van der Waals surface area contributed by atoms with Gasteiger partial charge in [0, 0.05) is 18.0 Å². The second-order valence-electron chi connectivity index (χ2n) is 5.23. The van der Waals surface area contributed by atoms with E-state index in [1.807, 2.05) is 32.3 Å². The van der Waals surface area contributed by atoms with Crippen molar-refractivity contribution in [1.82, 2.24) is 4.90 Å². The molecule has 1 aromatic rings. The second-order valence-corrected chi connectivity index (χ2v) is 5.23. The molecule has 0 aromatic heterocycles. The number of benzene rings is 1. The first-order valence-electron chi connectivity index (χ1n) is 6.45. The molecule has 1 aliphatic carbocycles. The Labute approximate surface area is 116 Å². The van der Waals surface area contributed by atoms with Gasteiger partial charge in [0.2, 0.25) is 0 Å². The molecule has 0 fully saturated rings. The molecule has 0 N–H and O–H groups in total. The van der Waals surface area contributed by atoms with Gasteiger partial charge in [0.1, 0.15) is 0 Å².